The summed E-state index contributed by atoms with van der Waals surface area (Å²) in [5.41, 5.74) is 2.85. The van der Waals surface area contributed by atoms with Crippen molar-refractivity contribution in [3.63, 3.8) is 0 Å². The first-order valence-corrected chi connectivity index (χ1v) is 15.3. The van der Waals surface area contributed by atoms with Crippen molar-refractivity contribution in [3.05, 3.63) is 71.8 Å². The molecule has 0 bridgehead atoms. The smallest absolute Gasteiger partial charge is 0.0670 e. The lowest BCUT2D eigenvalue weighted by Crippen LogP contribution is -2.54. The van der Waals surface area contributed by atoms with Gasteiger partial charge in [-0.25, -0.2) is 0 Å². The average Bonchev–Trinajstić information content (AvgIpc) is 2.73. The Balaban J connectivity index is 2.54. The molecule has 1 nitrogen and oxygen atoms in total. The molecule has 0 N–H and O–H groups in total. The van der Waals surface area contributed by atoms with Gasteiger partial charge in [-0.05, 0) is 98.0 Å². The van der Waals surface area contributed by atoms with Gasteiger partial charge in [0.1, 0.15) is 0 Å². The molecule has 0 aliphatic heterocycles. The van der Waals surface area contributed by atoms with Crippen LogP contribution in [-0.2, 0) is 17.6 Å². The molecule has 0 radical (unpaired) electrons. The molecule has 2 aromatic carbocycles. The number of ether oxygens (including phenoxy) is 1. The van der Waals surface area contributed by atoms with E-state index < -0.39 is 0 Å². The molecule has 0 spiro atoms. The topological polar surface area (TPSA) is 9.23 Å². The maximum atomic E-state index is 7.50. The Morgan fingerprint density at radius 1 is 0.462 bits per heavy atom. The summed E-state index contributed by atoms with van der Waals surface area (Å²) in [4.78, 5) is 0. The second-order valence-corrected chi connectivity index (χ2v) is 17.2. The van der Waals surface area contributed by atoms with Gasteiger partial charge in [-0.1, -0.05) is 130 Å². The molecule has 2 rings (SSSR count). The number of hydrogen-bond donors (Lipinski definition) is 0. The molecule has 0 amide bonds. The van der Waals surface area contributed by atoms with Crippen molar-refractivity contribution in [2.45, 2.75) is 134 Å². The minimum atomic E-state index is -0.319. The van der Waals surface area contributed by atoms with Crippen molar-refractivity contribution >= 4 is 0 Å². The predicted octanol–water partition coefficient (Wildman–Crippen LogP) is 11.2. The van der Waals surface area contributed by atoms with E-state index in [2.05, 4.69) is 158 Å². The van der Waals surface area contributed by atoms with E-state index in [1.165, 1.54) is 11.1 Å². The van der Waals surface area contributed by atoms with E-state index in [9.17, 15) is 0 Å². The maximum Gasteiger partial charge on any atom is 0.0670 e. The van der Waals surface area contributed by atoms with Crippen LogP contribution in [0.15, 0.2) is 60.7 Å². The molecule has 0 aliphatic carbocycles. The summed E-state index contributed by atoms with van der Waals surface area (Å²) in [5, 5.41) is 0. The van der Waals surface area contributed by atoms with Crippen LogP contribution in [0.2, 0.25) is 0 Å². The molecular formula is C38H62O. The first-order chi connectivity index (χ1) is 17.5. The first-order valence-electron chi connectivity index (χ1n) is 15.3. The van der Waals surface area contributed by atoms with E-state index in [0.29, 0.717) is 11.8 Å². The summed E-state index contributed by atoms with van der Waals surface area (Å²) in [5.74, 6) is 0.711. The molecule has 1 heteroatoms. The lowest BCUT2D eigenvalue weighted by molar-refractivity contribution is -0.207. The van der Waals surface area contributed by atoms with Crippen molar-refractivity contribution in [2.75, 3.05) is 0 Å². The number of benzene rings is 2. The van der Waals surface area contributed by atoms with Crippen molar-refractivity contribution < 1.29 is 4.74 Å². The van der Waals surface area contributed by atoms with E-state index in [1.807, 2.05) is 0 Å². The van der Waals surface area contributed by atoms with Crippen molar-refractivity contribution in [1.82, 2.24) is 0 Å². The fourth-order valence-electron chi connectivity index (χ4n) is 8.43. The SMILES string of the molecule is CC(C)(C)CC(C)(C)C(Cc1ccccc1)C(C)(C)OC(C)(C)C(Cc1ccccc1)C(C)(C)CC(C)(C)C. The van der Waals surface area contributed by atoms with E-state index in [4.69, 9.17) is 4.74 Å². The zero-order chi connectivity index (χ0) is 29.9. The van der Waals surface area contributed by atoms with Crippen molar-refractivity contribution in [1.29, 1.82) is 0 Å². The summed E-state index contributed by atoms with van der Waals surface area (Å²) < 4.78 is 7.50. The Morgan fingerprint density at radius 2 is 0.744 bits per heavy atom. The fraction of sp³-hybridized carbons (Fsp3) is 0.684. The summed E-state index contributed by atoms with van der Waals surface area (Å²) in [7, 11) is 0. The predicted molar refractivity (Wildman–Crippen MR) is 172 cm³/mol. The zero-order valence-electron chi connectivity index (χ0n) is 28.2. The van der Waals surface area contributed by atoms with Gasteiger partial charge >= 0.3 is 0 Å². The first kappa shape index (κ1) is 33.6. The Kier molecular flexibility index (Phi) is 10.4. The molecule has 2 unspecified atom stereocenters. The summed E-state index contributed by atoms with van der Waals surface area (Å²) in [6.45, 7) is 33.6. The average molecular weight is 535 g/mol. The van der Waals surface area contributed by atoms with Gasteiger partial charge in [0.2, 0.25) is 0 Å². The summed E-state index contributed by atoms with van der Waals surface area (Å²) in [6.07, 6.45) is 4.32. The lowest BCUT2D eigenvalue weighted by atomic mass is 9.60. The molecule has 220 valence electrons. The summed E-state index contributed by atoms with van der Waals surface area (Å²) in [6, 6.07) is 22.1. The van der Waals surface area contributed by atoms with Crippen LogP contribution in [0.25, 0.3) is 0 Å². The molecule has 39 heavy (non-hydrogen) atoms. The Morgan fingerprint density at radius 3 is 1.00 bits per heavy atom. The van der Waals surface area contributed by atoms with E-state index >= 15 is 0 Å². The van der Waals surface area contributed by atoms with Crippen LogP contribution in [-0.4, -0.2) is 11.2 Å². The normalized spacial score (nSPS) is 15.7. The Bertz CT molecular complexity index is 913. The second-order valence-electron chi connectivity index (χ2n) is 17.2. The Hall–Kier alpha value is -1.60. The van der Waals surface area contributed by atoms with Gasteiger partial charge in [-0.3, -0.25) is 0 Å². The maximum absolute atomic E-state index is 7.50. The monoisotopic (exact) mass is 534 g/mol. The molecule has 0 saturated heterocycles. The fourth-order valence-corrected chi connectivity index (χ4v) is 8.43. The largest absolute Gasteiger partial charge is 0.369 e. The number of rotatable bonds is 12. The van der Waals surface area contributed by atoms with Crippen LogP contribution < -0.4 is 0 Å². The molecule has 0 aliphatic rings. The van der Waals surface area contributed by atoms with Gasteiger partial charge in [0, 0.05) is 0 Å². The van der Waals surface area contributed by atoms with Gasteiger partial charge in [0.25, 0.3) is 0 Å². The van der Waals surface area contributed by atoms with Crippen molar-refractivity contribution in [2.24, 2.45) is 33.5 Å². The highest BCUT2D eigenvalue weighted by Crippen LogP contribution is 2.51. The lowest BCUT2D eigenvalue weighted by Gasteiger charge is -2.53. The van der Waals surface area contributed by atoms with E-state index in [1.54, 1.807) is 0 Å². The minimum absolute atomic E-state index is 0.101. The van der Waals surface area contributed by atoms with E-state index in [0.717, 1.165) is 25.7 Å². The third-order valence-corrected chi connectivity index (χ3v) is 8.63. The van der Waals surface area contributed by atoms with Crippen LogP contribution >= 0.6 is 0 Å². The number of hydrogen-bond acceptors (Lipinski definition) is 1. The van der Waals surface area contributed by atoms with E-state index in [-0.39, 0.29) is 32.9 Å². The highest BCUT2D eigenvalue weighted by atomic mass is 16.5. The Labute approximate surface area is 243 Å². The molecule has 0 fully saturated rings. The van der Waals surface area contributed by atoms with Crippen LogP contribution in [0.1, 0.15) is 121 Å². The van der Waals surface area contributed by atoms with Gasteiger partial charge in [0.05, 0.1) is 11.2 Å². The molecule has 2 atom stereocenters. The van der Waals surface area contributed by atoms with Gasteiger partial charge in [-0.2, -0.15) is 0 Å². The van der Waals surface area contributed by atoms with Crippen molar-refractivity contribution in [3.8, 4) is 0 Å². The third kappa shape index (κ3) is 10.4. The quantitative estimate of drug-likeness (QED) is 0.263. The highest BCUT2D eigenvalue weighted by Gasteiger charge is 2.49. The highest BCUT2D eigenvalue weighted by molar-refractivity contribution is 5.18. The molecule has 0 heterocycles. The summed E-state index contributed by atoms with van der Waals surface area (Å²) >= 11 is 0. The second kappa shape index (κ2) is 12.1. The van der Waals surface area contributed by atoms with Crippen LogP contribution in [0.3, 0.4) is 0 Å². The van der Waals surface area contributed by atoms with Crippen LogP contribution in [0.5, 0.6) is 0 Å². The van der Waals surface area contributed by atoms with Gasteiger partial charge in [0.15, 0.2) is 0 Å². The molecular weight excluding hydrogens is 472 g/mol. The van der Waals surface area contributed by atoms with Gasteiger partial charge in [-0.15, -0.1) is 0 Å². The molecule has 0 saturated carbocycles. The van der Waals surface area contributed by atoms with Crippen LogP contribution in [0.4, 0.5) is 0 Å². The minimum Gasteiger partial charge on any atom is -0.369 e. The zero-order valence-corrected chi connectivity index (χ0v) is 28.2. The van der Waals surface area contributed by atoms with Crippen LogP contribution in [0, 0.1) is 33.5 Å². The molecule has 2 aromatic rings. The third-order valence-electron chi connectivity index (χ3n) is 8.63. The standard InChI is InChI=1S/C38H62O/c1-33(2,3)27-35(7,8)31(25-29-21-17-15-18-22-29)37(11,12)39-38(13,14)32(26-30-23-19-16-20-24-30)36(9,10)28-34(4,5)6/h15-24,31-32H,25-28H2,1-14H3. The molecule has 0 aromatic heterocycles. The van der Waals surface area contributed by atoms with Gasteiger partial charge < -0.3 is 4.74 Å².